The molecule has 0 bridgehead atoms. The Morgan fingerprint density at radius 1 is 1.86 bits per heavy atom. The molecule has 0 aromatic carbocycles. The van der Waals surface area contributed by atoms with Crippen molar-refractivity contribution in [3.63, 3.8) is 0 Å². The highest BCUT2D eigenvalue weighted by Gasteiger charge is 1.91. The second-order valence-electron chi connectivity index (χ2n) is 1.21. The second-order valence-corrected chi connectivity index (χ2v) is 1.21. The molecule has 0 atom stereocenters. The monoisotopic (exact) mass is 97.1 g/mol. The second kappa shape index (κ2) is 2.25. The summed E-state index contributed by atoms with van der Waals surface area (Å²) in [6.07, 6.45) is 4.83. The summed E-state index contributed by atoms with van der Waals surface area (Å²) in [5, 5.41) is 0. The number of rotatable bonds is 0. The maximum Gasteiger partial charge on any atom is 0.230 e. The Kier molecular flexibility index (Phi) is 1.94. The Morgan fingerprint density at radius 3 is 2.29 bits per heavy atom. The Morgan fingerprint density at radius 2 is 2.29 bits per heavy atom. The van der Waals surface area contributed by atoms with Crippen molar-refractivity contribution in [2.24, 2.45) is 0 Å². The van der Waals surface area contributed by atoms with Gasteiger partial charge in [-0.1, -0.05) is 6.42 Å². The Labute approximate surface area is 43.1 Å². The zero-order valence-electron chi connectivity index (χ0n) is 4.43. The van der Waals surface area contributed by atoms with Gasteiger partial charge in [-0.25, -0.2) is 0 Å². The highest BCUT2D eigenvalue weighted by Crippen LogP contribution is 1.74. The van der Waals surface area contributed by atoms with Crippen LogP contribution in [0.1, 0.15) is 6.92 Å². The lowest BCUT2D eigenvalue weighted by Crippen LogP contribution is -2.16. The van der Waals surface area contributed by atoms with Crippen LogP contribution in [0.3, 0.4) is 0 Å². The van der Waals surface area contributed by atoms with Crippen molar-refractivity contribution in [2.75, 3.05) is 7.05 Å². The minimum absolute atomic E-state index is 0.109. The van der Waals surface area contributed by atoms with Gasteiger partial charge in [0.25, 0.3) is 0 Å². The number of nitrogens with zero attached hydrogens (tertiary/aromatic N) is 1. The fourth-order valence-corrected chi connectivity index (χ4v) is 0.0909. The van der Waals surface area contributed by atoms with Gasteiger partial charge >= 0.3 is 0 Å². The molecule has 0 aliphatic carbocycles. The van der Waals surface area contributed by atoms with E-state index in [4.69, 9.17) is 6.42 Å². The number of hydrogen-bond acceptors (Lipinski definition) is 1. The van der Waals surface area contributed by atoms with Gasteiger partial charge in [0.15, 0.2) is 0 Å². The highest BCUT2D eigenvalue weighted by atomic mass is 16.2. The topological polar surface area (TPSA) is 20.3 Å². The average Bonchev–Trinajstić information content (AvgIpc) is 1.65. The number of carbonyl (C=O) groups excluding carboxylic acids is 1. The van der Waals surface area contributed by atoms with Crippen molar-refractivity contribution in [1.29, 1.82) is 0 Å². The van der Waals surface area contributed by atoms with Gasteiger partial charge in [0, 0.05) is 20.0 Å². The van der Waals surface area contributed by atoms with E-state index in [1.54, 1.807) is 7.05 Å². The molecule has 7 heavy (non-hydrogen) atoms. The molecule has 2 heteroatoms. The van der Waals surface area contributed by atoms with Crippen LogP contribution < -0.4 is 0 Å². The van der Waals surface area contributed by atoms with Crippen LogP contribution in [-0.4, -0.2) is 17.9 Å². The molecule has 38 valence electrons. The van der Waals surface area contributed by atoms with E-state index >= 15 is 0 Å². The predicted molar refractivity (Wildman–Crippen MR) is 27.3 cm³/mol. The Bertz CT molecular complexity index is 112. The van der Waals surface area contributed by atoms with E-state index in [2.05, 4.69) is 6.04 Å². The van der Waals surface area contributed by atoms with Gasteiger partial charge in [0.05, 0.1) is 0 Å². The summed E-state index contributed by atoms with van der Waals surface area (Å²) in [7, 11) is 1.54. The summed E-state index contributed by atoms with van der Waals surface area (Å²) in [6, 6.07) is 2.15. The van der Waals surface area contributed by atoms with Gasteiger partial charge < -0.3 is 0 Å². The number of carbonyl (C=O) groups is 1. The highest BCUT2D eigenvalue weighted by molar-refractivity contribution is 5.74. The van der Waals surface area contributed by atoms with E-state index < -0.39 is 0 Å². The van der Waals surface area contributed by atoms with Crippen LogP contribution in [0, 0.1) is 12.5 Å². The van der Waals surface area contributed by atoms with Crippen molar-refractivity contribution < 1.29 is 4.79 Å². The SMILES string of the molecule is C#CN(C)C(C)=O. The van der Waals surface area contributed by atoms with E-state index in [0.29, 0.717) is 0 Å². The maximum absolute atomic E-state index is 10.2. The fraction of sp³-hybridized carbons (Fsp3) is 0.400. The smallest absolute Gasteiger partial charge is 0.230 e. The molecule has 0 rings (SSSR count). The van der Waals surface area contributed by atoms with Gasteiger partial charge in [0.1, 0.15) is 0 Å². The van der Waals surface area contributed by atoms with Gasteiger partial charge in [-0.3, -0.25) is 9.69 Å². The quantitative estimate of drug-likeness (QED) is 0.309. The number of terminal acetylenes is 1. The third kappa shape index (κ3) is 1.83. The minimum Gasteiger partial charge on any atom is -0.275 e. The molecule has 0 heterocycles. The van der Waals surface area contributed by atoms with E-state index in [1.807, 2.05) is 0 Å². The molecule has 0 fully saturated rings. The molecular weight excluding hydrogens is 90.1 g/mol. The molecule has 0 spiro atoms. The molecule has 2 nitrogen and oxygen atoms in total. The van der Waals surface area contributed by atoms with Gasteiger partial charge in [0.2, 0.25) is 5.91 Å². The van der Waals surface area contributed by atoms with Crippen molar-refractivity contribution in [3.8, 4) is 12.5 Å². The Hall–Kier alpha value is -0.970. The van der Waals surface area contributed by atoms with Crippen molar-refractivity contribution in [1.82, 2.24) is 4.90 Å². The summed E-state index contributed by atoms with van der Waals surface area (Å²) < 4.78 is 0. The molecule has 0 aromatic rings. The van der Waals surface area contributed by atoms with Gasteiger partial charge in [-0.2, -0.15) is 0 Å². The van der Waals surface area contributed by atoms with Crippen molar-refractivity contribution >= 4 is 5.91 Å². The lowest BCUT2D eigenvalue weighted by Gasteiger charge is -2.00. The van der Waals surface area contributed by atoms with Crippen LogP contribution in [0.25, 0.3) is 0 Å². The predicted octanol–water partition coefficient (Wildman–Crippen LogP) is 0.0554. The first kappa shape index (κ1) is 6.03. The van der Waals surface area contributed by atoms with Crippen LogP contribution in [-0.2, 0) is 4.79 Å². The average molecular weight is 97.1 g/mol. The van der Waals surface area contributed by atoms with Crippen LogP contribution in [0.5, 0.6) is 0 Å². The molecule has 1 amide bonds. The molecular formula is C5H7NO. The molecule has 0 unspecified atom stereocenters. The molecule has 0 saturated carbocycles. The van der Waals surface area contributed by atoms with E-state index in [1.165, 1.54) is 11.8 Å². The number of hydrogen-bond donors (Lipinski definition) is 0. The first-order valence-electron chi connectivity index (χ1n) is 1.89. The van der Waals surface area contributed by atoms with Gasteiger partial charge in [-0.15, -0.1) is 0 Å². The van der Waals surface area contributed by atoms with Crippen LogP contribution in [0.2, 0.25) is 0 Å². The van der Waals surface area contributed by atoms with Crippen LogP contribution >= 0.6 is 0 Å². The van der Waals surface area contributed by atoms with Crippen LogP contribution in [0.4, 0.5) is 0 Å². The summed E-state index contributed by atoms with van der Waals surface area (Å²) in [5.41, 5.74) is 0. The van der Waals surface area contributed by atoms with Crippen LogP contribution in [0.15, 0.2) is 0 Å². The zero-order valence-corrected chi connectivity index (χ0v) is 4.43. The third-order valence-corrected chi connectivity index (χ3v) is 0.666. The lowest BCUT2D eigenvalue weighted by atomic mass is 10.6. The molecule has 0 aliphatic rings. The zero-order chi connectivity index (χ0) is 5.86. The normalized spacial score (nSPS) is 7.00. The summed E-state index contributed by atoms with van der Waals surface area (Å²) in [5.74, 6) is -0.109. The summed E-state index contributed by atoms with van der Waals surface area (Å²) in [4.78, 5) is 11.3. The minimum atomic E-state index is -0.109. The van der Waals surface area contributed by atoms with E-state index in [-0.39, 0.29) is 5.91 Å². The molecule has 0 aromatic heterocycles. The molecule has 0 N–H and O–H groups in total. The van der Waals surface area contributed by atoms with Crippen molar-refractivity contribution in [3.05, 3.63) is 0 Å². The maximum atomic E-state index is 10.2. The summed E-state index contributed by atoms with van der Waals surface area (Å²) in [6.45, 7) is 1.42. The largest absolute Gasteiger partial charge is 0.275 e. The molecule has 0 radical (unpaired) electrons. The molecule has 0 aliphatic heterocycles. The van der Waals surface area contributed by atoms with Crippen molar-refractivity contribution in [2.45, 2.75) is 6.92 Å². The molecule has 0 saturated heterocycles. The van der Waals surface area contributed by atoms with Gasteiger partial charge in [-0.05, 0) is 0 Å². The fourth-order valence-electron chi connectivity index (χ4n) is 0.0909. The van der Waals surface area contributed by atoms with E-state index in [9.17, 15) is 4.79 Å². The Balaban J connectivity index is 3.63. The first-order valence-corrected chi connectivity index (χ1v) is 1.89. The standard InChI is InChI=1S/C5H7NO/c1-4-6(3)5(2)7/h1H,2-3H3. The third-order valence-electron chi connectivity index (χ3n) is 0.666. The summed E-state index contributed by atoms with van der Waals surface area (Å²) >= 11 is 0. The lowest BCUT2D eigenvalue weighted by molar-refractivity contribution is -0.124. The van der Waals surface area contributed by atoms with E-state index in [0.717, 1.165) is 0 Å². The first-order chi connectivity index (χ1) is 3.18. The number of amides is 1.